The van der Waals surface area contributed by atoms with E-state index in [1.54, 1.807) is 6.92 Å². The van der Waals surface area contributed by atoms with Gasteiger partial charge in [-0.1, -0.05) is 6.92 Å². The lowest BCUT2D eigenvalue weighted by Gasteiger charge is -2.50. The zero-order valence-electron chi connectivity index (χ0n) is 16.5. The van der Waals surface area contributed by atoms with Crippen LogP contribution in [0.3, 0.4) is 0 Å². The molecule has 1 aromatic heterocycles. The fourth-order valence-corrected chi connectivity index (χ4v) is 4.67. The van der Waals surface area contributed by atoms with Crippen LogP contribution in [0.25, 0.3) is 0 Å². The zero-order valence-corrected chi connectivity index (χ0v) is 16.5. The average Bonchev–Trinajstić information content (AvgIpc) is 3.21. The predicted molar refractivity (Wildman–Crippen MR) is 105 cm³/mol. The Morgan fingerprint density at radius 1 is 1.15 bits per heavy atom. The number of anilines is 2. The highest BCUT2D eigenvalue weighted by atomic mass is 16.3. The summed E-state index contributed by atoms with van der Waals surface area (Å²) in [7, 11) is 0. The van der Waals surface area contributed by atoms with Crippen LogP contribution < -0.4 is 9.80 Å². The molecule has 4 heterocycles. The Bertz CT molecular complexity index is 706. The summed E-state index contributed by atoms with van der Waals surface area (Å²) in [5.41, 5.74) is 0.414. The number of amides is 1. The van der Waals surface area contributed by atoms with E-state index in [1.807, 2.05) is 4.90 Å². The monoisotopic (exact) mass is 373 g/mol. The topological polar surface area (TPSA) is 72.8 Å². The van der Waals surface area contributed by atoms with E-state index in [9.17, 15) is 9.90 Å². The number of aliphatic hydroxyl groups is 1. The molecular weight excluding hydrogens is 342 g/mol. The number of rotatable bonds is 3. The second kappa shape index (κ2) is 7.26. The van der Waals surface area contributed by atoms with Crippen molar-refractivity contribution >= 4 is 17.7 Å². The molecule has 0 aromatic carbocycles. The maximum atomic E-state index is 11.8. The lowest BCUT2D eigenvalue weighted by atomic mass is 9.75. The molecular formula is C20H31N5O2. The molecule has 7 nitrogen and oxygen atoms in total. The molecule has 3 fully saturated rings. The summed E-state index contributed by atoms with van der Waals surface area (Å²) < 4.78 is 0. The molecule has 0 radical (unpaired) electrons. The molecule has 0 saturated carbocycles. The van der Waals surface area contributed by atoms with Gasteiger partial charge in [-0.2, -0.15) is 4.98 Å². The van der Waals surface area contributed by atoms with Crippen LogP contribution >= 0.6 is 0 Å². The first kappa shape index (κ1) is 18.5. The van der Waals surface area contributed by atoms with Gasteiger partial charge in [0.1, 0.15) is 5.82 Å². The Hall–Kier alpha value is -1.89. The Kier molecular flexibility index (Phi) is 4.97. The quantitative estimate of drug-likeness (QED) is 0.865. The van der Waals surface area contributed by atoms with Gasteiger partial charge in [-0.05, 0) is 32.1 Å². The molecule has 3 saturated heterocycles. The number of carbonyl (C=O) groups is 1. The standard InChI is InChI=1S/C20H31N5O2/c1-3-17-12-18(22-19(21-17)23-8-4-5-9-23)25-11-7-20(27)6-10-24(15(2)26)13-16(20)14-25/h12,16,27H,3-11,13-14H2,1-2H3. The van der Waals surface area contributed by atoms with Gasteiger partial charge in [-0.25, -0.2) is 4.98 Å². The lowest BCUT2D eigenvalue weighted by molar-refractivity contribution is -0.139. The predicted octanol–water partition coefficient (Wildman–Crippen LogP) is 1.45. The molecule has 0 spiro atoms. The Morgan fingerprint density at radius 3 is 2.59 bits per heavy atom. The van der Waals surface area contributed by atoms with Crippen LogP contribution in [0.5, 0.6) is 0 Å². The van der Waals surface area contributed by atoms with Gasteiger partial charge in [0.05, 0.1) is 5.60 Å². The normalized spacial score (nSPS) is 28.4. The van der Waals surface area contributed by atoms with Crippen LogP contribution in [0, 0.1) is 5.92 Å². The molecule has 0 aliphatic carbocycles. The highest BCUT2D eigenvalue weighted by Crippen LogP contribution is 2.37. The van der Waals surface area contributed by atoms with Crippen LogP contribution in [0.15, 0.2) is 6.07 Å². The molecule has 3 aliphatic rings. The van der Waals surface area contributed by atoms with Crippen molar-refractivity contribution in [2.24, 2.45) is 5.92 Å². The molecule has 2 atom stereocenters. The van der Waals surface area contributed by atoms with Gasteiger partial charge in [-0.3, -0.25) is 4.79 Å². The molecule has 3 aliphatic heterocycles. The van der Waals surface area contributed by atoms with Gasteiger partial charge in [-0.15, -0.1) is 0 Å². The van der Waals surface area contributed by atoms with Crippen molar-refractivity contribution in [3.05, 3.63) is 11.8 Å². The summed E-state index contributed by atoms with van der Waals surface area (Å²) in [6, 6.07) is 2.09. The molecule has 148 valence electrons. The van der Waals surface area contributed by atoms with Crippen molar-refractivity contribution in [2.45, 2.75) is 51.6 Å². The number of carbonyl (C=O) groups excluding carboxylic acids is 1. The minimum Gasteiger partial charge on any atom is -0.389 e. The van der Waals surface area contributed by atoms with Crippen LogP contribution in [0.4, 0.5) is 11.8 Å². The molecule has 2 unspecified atom stereocenters. The van der Waals surface area contributed by atoms with E-state index in [4.69, 9.17) is 9.97 Å². The van der Waals surface area contributed by atoms with E-state index in [-0.39, 0.29) is 11.8 Å². The van der Waals surface area contributed by atoms with Crippen molar-refractivity contribution in [1.82, 2.24) is 14.9 Å². The number of hydrogen-bond donors (Lipinski definition) is 1. The number of likely N-dealkylation sites (tertiary alicyclic amines) is 1. The van der Waals surface area contributed by atoms with Crippen LogP contribution in [-0.4, -0.2) is 70.8 Å². The van der Waals surface area contributed by atoms with Gasteiger partial charge >= 0.3 is 0 Å². The fourth-order valence-electron chi connectivity index (χ4n) is 4.67. The van der Waals surface area contributed by atoms with Crippen molar-refractivity contribution in [3.8, 4) is 0 Å². The Morgan fingerprint density at radius 2 is 1.89 bits per heavy atom. The van der Waals surface area contributed by atoms with Gasteiger partial charge in [0.2, 0.25) is 11.9 Å². The third-order valence-corrected chi connectivity index (χ3v) is 6.55. The number of fused-ring (bicyclic) bond motifs is 1. The third-order valence-electron chi connectivity index (χ3n) is 6.55. The van der Waals surface area contributed by atoms with Crippen molar-refractivity contribution in [1.29, 1.82) is 0 Å². The van der Waals surface area contributed by atoms with Gasteiger partial charge in [0, 0.05) is 63.9 Å². The number of aryl methyl sites for hydroxylation is 1. The Balaban J connectivity index is 1.56. The summed E-state index contributed by atoms with van der Waals surface area (Å²) in [6.07, 6.45) is 4.70. The second-order valence-electron chi connectivity index (χ2n) is 8.28. The Labute approximate surface area is 161 Å². The molecule has 7 heteroatoms. The van der Waals surface area contributed by atoms with E-state index >= 15 is 0 Å². The fraction of sp³-hybridized carbons (Fsp3) is 0.750. The van der Waals surface area contributed by atoms with E-state index in [2.05, 4.69) is 22.8 Å². The molecule has 0 bridgehead atoms. The maximum Gasteiger partial charge on any atom is 0.227 e. The summed E-state index contributed by atoms with van der Waals surface area (Å²) in [5, 5.41) is 11.1. The number of aromatic nitrogens is 2. The zero-order chi connectivity index (χ0) is 19.0. The maximum absolute atomic E-state index is 11.8. The van der Waals surface area contributed by atoms with Crippen molar-refractivity contribution < 1.29 is 9.90 Å². The number of piperidine rings is 2. The first-order valence-electron chi connectivity index (χ1n) is 10.3. The third kappa shape index (κ3) is 3.61. The number of nitrogens with zero attached hydrogens (tertiary/aromatic N) is 5. The minimum absolute atomic E-state index is 0.0687. The lowest BCUT2D eigenvalue weighted by Crippen LogP contribution is -2.60. The van der Waals surface area contributed by atoms with Crippen molar-refractivity contribution in [2.75, 3.05) is 49.1 Å². The van der Waals surface area contributed by atoms with E-state index in [0.717, 1.165) is 56.5 Å². The first-order chi connectivity index (χ1) is 13.0. The van der Waals surface area contributed by atoms with Gasteiger partial charge in [0.25, 0.3) is 0 Å². The smallest absolute Gasteiger partial charge is 0.227 e. The largest absolute Gasteiger partial charge is 0.389 e. The van der Waals surface area contributed by atoms with Crippen LogP contribution in [0.1, 0.15) is 45.2 Å². The number of hydrogen-bond acceptors (Lipinski definition) is 6. The average molecular weight is 374 g/mol. The highest BCUT2D eigenvalue weighted by Gasteiger charge is 2.45. The van der Waals surface area contributed by atoms with E-state index < -0.39 is 5.60 Å². The SMILES string of the molecule is CCc1cc(N2CCC3(O)CCN(C(C)=O)CC3C2)nc(N2CCCC2)n1. The van der Waals surface area contributed by atoms with Crippen LogP contribution in [0.2, 0.25) is 0 Å². The summed E-state index contributed by atoms with van der Waals surface area (Å²) in [5.74, 6) is 1.97. The molecule has 27 heavy (non-hydrogen) atoms. The second-order valence-corrected chi connectivity index (χ2v) is 8.28. The van der Waals surface area contributed by atoms with Crippen LogP contribution in [-0.2, 0) is 11.2 Å². The molecule has 1 N–H and O–H groups in total. The van der Waals surface area contributed by atoms with Gasteiger partial charge in [0.15, 0.2) is 0 Å². The minimum atomic E-state index is -0.652. The summed E-state index contributed by atoms with van der Waals surface area (Å²) in [4.78, 5) is 27.9. The molecule has 1 amide bonds. The van der Waals surface area contributed by atoms with Gasteiger partial charge < -0.3 is 19.8 Å². The molecule has 1 aromatic rings. The first-order valence-corrected chi connectivity index (χ1v) is 10.3. The summed E-state index contributed by atoms with van der Waals surface area (Å²) in [6.45, 7) is 8.63. The molecule has 4 rings (SSSR count). The summed E-state index contributed by atoms with van der Waals surface area (Å²) >= 11 is 0. The highest BCUT2D eigenvalue weighted by molar-refractivity contribution is 5.73. The van der Waals surface area contributed by atoms with E-state index in [1.165, 1.54) is 12.8 Å². The van der Waals surface area contributed by atoms with Crippen molar-refractivity contribution in [3.63, 3.8) is 0 Å². The van der Waals surface area contributed by atoms with E-state index in [0.29, 0.717) is 19.5 Å².